The number of allylic oxidation sites excluding steroid dienone is 3. The van der Waals surface area contributed by atoms with Crippen molar-refractivity contribution in [2.45, 2.75) is 32.8 Å². The molecule has 0 radical (unpaired) electrons. The smallest absolute Gasteiger partial charge is 0.287 e. The Morgan fingerprint density at radius 1 is 1.44 bits per heavy atom. The van der Waals surface area contributed by atoms with E-state index in [1.54, 1.807) is 6.08 Å². The van der Waals surface area contributed by atoms with Gasteiger partial charge in [0.15, 0.2) is 0 Å². The Balaban J connectivity index is 2.43. The zero-order chi connectivity index (χ0) is 12.1. The summed E-state index contributed by atoms with van der Waals surface area (Å²) in [5.74, 6) is 0. The van der Waals surface area contributed by atoms with E-state index in [4.69, 9.17) is 13.6 Å². The zero-order valence-electron chi connectivity index (χ0n) is 10.0. The molecule has 92 valence electrons. The second-order valence-electron chi connectivity index (χ2n) is 4.13. The monoisotopic (exact) mass is 246 g/mol. The van der Waals surface area contributed by atoms with E-state index in [2.05, 4.69) is 0 Å². The molecule has 0 aromatic rings. The van der Waals surface area contributed by atoms with Gasteiger partial charge in [0.2, 0.25) is 0 Å². The van der Waals surface area contributed by atoms with Crippen LogP contribution in [0.5, 0.6) is 0 Å². The van der Waals surface area contributed by atoms with Gasteiger partial charge in [-0.05, 0) is 20.8 Å². The van der Waals surface area contributed by atoms with E-state index in [0.717, 1.165) is 6.42 Å². The first-order chi connectivity index (χ1) is 7.47. The van der Waals surface area contributed by atoms with Crippen molar-refractivity contribution in [1.82, 2.24) is 0 Å². The molecule has 16 heavy (non-hydrogen) atoms. The summed E-state index contributed by atoms with van der Waals surface area (Å²) in [6.45, 7) is 6.30. The zero-order valence-corrected chi connectivity index (χ0v) is 10.9. The van der Waals surface area contributed by atoms with Crippen LogP contribution in [0.3, 0.4) is 0 Å². The number of rotatable bonds is 4. The van der Waals surface area contributed by atoms with Gasteiger partial charge in [-0.3, -0.25) is 13.6 Å². The van der Waals surface area contributed by atoms with Crippen LogP contribution in [0, 0.1) is 0 Å². The summed E-state index contributed by atoms with van der Waals surface area (Å²) in [4.78, 5) is 0. The maximum atomic E-state index is 12.0. The van der Waals surface area contributed by atoms with Crippen LogP contribution in [0.15, 0.2) is 24.3 Å². The van der Waals surface area contributed by atoms with Gasteiger partial charge in [-0.2, -0.15) is 0 Å². The lowest BCUT2D eigenvalue weighted by atomic mass is 10.1. The predicted octanol–water partition coefficient (Wildman–Crippen LogP) is 3.46. The third-order valence-corrected chi connectivity index (χ3v) is 3.76. The highest BCUT2D eigenvalue weighted by Gasteiger charge is 2.39. The minimum Gasteiger partial charge on any atom is -0.287 e. The summed E-state index contributed by atoms with van der Waals surface area (Å²) >= 11 is 0. The van der Waals surface area contributed by atoms with E-state index in [9.17, 15) is 4.57 Å². The average molecular weight is 246 g/mol. The fourth-order valence-corrected chi connectivity index (χ4v) is 2.68. The van der Waals surface area contributed by atoms with Crippen molar-refractivity contribution in [3.63, 3.8) is 0 Å². The van der Waals surface area contributed by atoms with Crippen LogP contribution in [0.2, 0.25) is 0 Å². The normalized spacial score (nSPS) is 30.2. The maximum Gasteiger partial charge on any atom is 0.475 e. The molecule has 1 aliphatic rings. The molecule has 0 aromatic heterocycles. The molecule has 1 heterocycles. The van der Waals surface area contributed by atoms with Crippen molar-refractivity contribution in [2.75, 3.05) is 13.2 Å². The van der Waals surface area contributed by atoms with Crippen LogP contribution in [0.1, 0.15) is 27.2 Å². The molecule has 0 amide bonds. The quantitative estimate of drug-likeness (QED) is 0.563. The van der Waals surface area contributed by atoms with Crippen LogP contribution in [-0.4, -0.2) is 18.8 Å². The van der Waals surface area contributed by atoms with Gasteiger partial charge in [0.1, 0.15) is 0 Å². The molecule has 1 unspecified atom stereocenters. The number of phosphoric acid groups is 1. The van der Waals surface area contributed by atoms with E-state index in [-0.39, 0.29) is 6.61 Å². The highest BCUT2D eigenvalue weighted by Crippen LogP contribution is 2.56. The molecular weight excluding hydrogens is 227 g/mol. The molecular formula is C11H19O4P. The lowest BCUT2D eigenvalue weighted by Gasteiger charge is -2.33. The third kappa shape index (κ3) is 4.62. The van der Waals surface area contributed by atoms with Crippen LogP contribution < -0.4 is 0 Å². The van der Waals surface area contributed by atoms with Crippen molar-refractivity contribution in [2.24, 2.45) is 0 Å². The van der Waals surface area contributed by atoms with Crippen LogP contribution in [0.25, 0.3) is 0 Å². The summed E-state index contributed by atoms with van der Waals surface area (Å²) in [5, 5.41) is 0. The van der Waals surface area contributed by atoms with Gasteiger partial charge in [0.05, 0.1) is 18.8 Å². The molecule has 0 aliphatic carbocycles. The van der Waals surface area contributed by atoms with Gasteiger partial charge in [-0.15, -0.1) is 0 Å². The van der Waals surface area contributed by atoms with Gasteiger partial charge in [-0.1, -0.05) is 24.3 Å². The number of hydrogen-bond acceptors (Lipinski definition) is 4. The first kappa shape index (κ1) is 13.7. The van der Waals surface area contributed by atoms with Gasteiger partial charge in [-0.25, -0.2) is 4.57 Å². The lowest BCUT2D eigenvalue weighted by molar-refractivity contribution is -0.0162. The van der Waals surface area contributed by atoms with Gasteiger partial charge >= 0.3 is 7.82 Å². The first-order valence-electron chi connectivity index (χ1n) is 5.35. The van der Waals surface area contributed by atoms with Gasteiger partial charge < -0.3 is 0 Å². The molecule has 1 rings (SSSR count). The van der Waals surface area contributed by atoms with Gasteiger partial charge in [0, 0.05) is 6.42 Å². The summed E-state index contributed by atoms with van der Waals surface area (Å²) in [6, 6.07) is 0. The summed E-state index contributed by atoms with van der Waals surface area (Å²) in [5.41, 5.74) is -0.444. The molecule has 1 saturated heterocycles. The highest BCUT2D eigenvalue weighted by molar-refractivity contribution is 7.48. The van der Waals surface area contributed by atoms with E-state index in [1.165, 1.54) is 0 Å². The standard InChI is InChI=1S/C11H19O4P/c1-4-5-6-7-9-13-16(12)14-10-8-11(2,3)15-16/h4-7H,8-10H2,1-3H3/b5-4+,7-6+. The second kappa shape index (κ2) is 5.78. The summed E-state index contributed by atoms with van der Waals surface area (Å²) in [6.07, 6.45) is 8.06. The molecule has 0 bridgehead atoms. The molecule has 5 heteroatoms. The summed E-state index contributed by atoms with van der Waals surface area (Å²) in [7, 11) is -3.36. The number of hydrogen-bond donors (Lipinski definition) is 0. The molecule has 0 N–H and O–H groups in total. The molecule has 1 fully saturated rings. The lowest BCUT2D eigenvalue weighted by Crippen LogP contribution is -2.30. The minimum atomic E-state index is -3.36. The van der Waals surface area contributed by atoms with Crippen molar-refractivity contribution < 1.29 is 18.1 Å². The Kier molecular flexibility index (Phi) is 4.93. The highest BCUT2D eigenvalue weighted by atomic mass is 31.2. The Morgan fingerprint density at radius 2 is 2.19 bits per heavy atom. The van der Waals surface area contributed by atoms with E-state index in [1.807, 2.05) is 39.0 Å². The van der Waals surface area contributed by atoms with E-state index < -0.39 is 13.4 Å². The van der Waals surface area contributed by atoms with Crippen molar-refractivity contribution in [1.29, 1.82) is 0 Å². The van der Waals surface area contributed by atoms with Crippen molar-refractivity contribution in [3.8, 4) is 0 Å². The second-order valence-corrected chi connectivity index (χ2v) is 5.72. The maximum absolute atomic E-state index is 12.0. The largest absolute Gasteiger partial charge is 0.475 e. The van der Waals surface area contributed by atoms with E-state index >= 15 is 0 Å². The van der Waals surface area contributed by atoms with Crippen LogP contribution >= 0.6 is 7.82 Å². The van der Waals surface area contributed by atoms with Gasteiger partial charge in [0.25, 0.3) is 0 Å². The predicted molar refractivity (Wildman–Crippen MR) is 63.2 cm³/mol. The topological polar surface area (TPSA) is 44.8 Å². The minimum absolute atomic E-state index is 0.220. The third-order valence-electron chi connectivity index (χ3n) is 2.08. The molecule has 0 saturated carbocycles. The number of phosphoric ester groups is 1. The summed E-state index contributed by atoms with van der Waals surface area (Å²) < 4.78 is 27.5. The Bertz CT molecular complexity index is 320. The SMILES string of the molecule is C/C=C/C=C/COP1(=O)OCCC(C)(C)O1. The Labute approximate surface area is 96.9 Å². The van der Waals surface area contributed by atoms with Crippen molar-refractivity contribution in [3.05, 3.63) is 24.3 Å². The fraction of sp³-hybridized carbons (Fsp3) is 0.636. The Hall–Kier alpha value is -0.410. The van der Waals surface area contributed by atoms with Crippen molar-refractivity contribution >= 4 is 7.82 Å². The molecule has 1 atom stereocenters. The fourth-order valence-electron chi connectivity index (χ4n) is 1.22. The van der Waals surface area contributed by atoms with E-state index in [0.29, 0.717) is 6.61 Å². The molecule has 0 aromatic carbocycles. The Morgan fingerprint density at radius 3 is 2.81 bits per heavy atom. The average Bonchev–Trinajstić information content (AvgIpc) is 2.15. The van der Waals surface area contributed by atoms with Crippen LogP contribution in [-0.2, 0) is 18.1 Å². The molecule has 0 spiro atoms. The van der Waals surface area contributed by atoms with Crippen LogP contribution in [0.4, 0.5) is 0 Å². The first-order valence-corrected chi connectivity index (χ1v) is 6.81. The molecule has 4 nitrogen and oxygen atoms in total. The molecule has 1 aliphatic heterocycles.